The number of ether oxygens (including phenoxy) is 2. The molecule has 2 rings (SSSR count). The van der Waals surface area contributed by atoms with Crippen molar-refractivity contribution in [3.8, 4) is 11.5 Å². The Labute approximate surface area is 140 Å². The third-order valence-electron chi connectivity index (χ3n) is 3.14. The Bertz CT molecular complexity index is 727. The van der Waals surface area contributed by atoms with E-state index >= 15 is 0 Å². The number of nitrogens with one attached hydrogen (secondary N) is 1. The zero-order valence-electron chi connectivity index (χ0n) is 14.1. The summed E-state index contributed by atoms with van der Waals surface area (Å²) in [6.45, 7) is 0. The number of carbonyl (C=O) groups excluding carboxylic acids is 1. The van der Waals surface area contributed by atoms with E-state index in [9.17, 15) is 4.79 Å². The van der Waals surface area contributed by atoms with Gasteiger partial charge in [-0.25, -0.2) is 9.97 Å². The van der Waals surface area contributed by atoms with Crippen molar-refractivity contribution in [2.24, 2.45) is 0 Å². The quantitative estimate of drug-likeness (QED) is 0.819. The molecule has 0 aliphatic carbocycles. The molecule has 0 unspecified atom stereocenters. The molecule has 7 heteroatoms. The fraction of sp³-hybridized carbons (Fsp3) is 0.235. The average molecular weight is 328 g/mol. The lowest BCUT2D eigenvalue weighted by Crippen LogP contribution is -2.13. The largest absolute Gasteiger partial charge is 0.493 e. The van der Waals surface area contributed by atoms with Gasteiger partial charge in [0.15, 0.2) is 11.5 Å². The number of benzene rings is 1. The molecule has 0 aliphatic heterocycles. The minimum Gasteiger partial charge on any atom is -0.493 e. The molecule has 0 spiro atoms. The number of anilines is 2. The summed E-state index contributed by atoms with van der Waals surface area (Å²) in [4.78, 5) is 22.0. The SMILES string of the molecule is COc1ccc(C=CC(=O)Nc2cnc(N(C)C)nc2)cc1OC. The molecule has 0 saturated heterocycles. The summed E-state index contributed by atoms with van der Waals surface area (Å²) >= 11 is 0. The Morgan fingerprint density at radius 3 is 2.38 bits per heavy atom. The highest BCUT2D eigenvalue weighted by molar-refractivity contribution is 6.01. The summed E-state index contributed by atoms with van der Waals surface area (Å²) < 4.78 is 10.4. The second-order valence-corrected chi connectivity index (χ2v) is 5.10. The number of hydrogen-bond acceptors (Lipinski definition) is 6. The van der Waals surface area contributed by atoms with Gasteiger partial charge in [0.1, 0.15) is 0 Å². The maximum absolute atomic E-state index is 12.0. The summed E-state index contributed by atoms with van der Waals surface area (Å²) in [6.07, 6.45) is 6.24. The summed E-state index contributed by atoms with van der Waals surface area (Å²) in [5.74, 6) is 1.55. The molecule has 0 atom stereocenters. The number of carbonyl (C=O) groups is 1. The predicted molar refractivity (Wildman–Crippen MR) is 93.6 cm³/mol. The van der Waals surface area contributed by atoms with Crippen LogP contribution >= 0.6 is 0 Å². The minimum absolute atomic E-state index is 0.272. The summed E-state index contributed by atoms with van der Waals surface area (Å²) in [7, 11) is 6.83. The van der Waals surface area contributed by atoms with Gasteiger partial charge in [-0.1, -0.05) is 6.07 Å². The molecule has 0 saturated carbocycles. The Hall–Kier alpha value is -3.09. The van der Waals surface area contributed by atoms with Crippen LogP contribution in [0.1, 0.15) is 5.56 Å². The molecule has 2 aromatic rings. The summed E-state index contributed by atoms with van der Waals surface area (Å²) in [5, 5.41) is 2.70. The van der Waals surface area contributed by atoms with Gasteiger partial charge in [0.2, 0.25) is 11.9 Å². The van der Waals surface area contributed by atoms with Gasteiger partial charge in [0.25, 0.3) is 0 Å². The van der Waals surface area contributed by atoms with Crippen LogP contribution in [0.2, 0.25) is 0 Å². The molecular weight excluding hydrogens is 308 g/mol. The van der Waals surface area contributed by atoms with Crippen molar-refractivity contribution in [2.75, 3.05) is 38.5 Å². The van der Waals surface area contributed by atoms with Crippen molar-refractivity contribution in [2.45, 2.75) is 0 Å². The van der Waals surface area contributed by atoms with E-state index in [1.807, 2.05) is 20.2 Å². The van der Waals surface area contributed by atoms with Crippen molar-refractivity contribution in [1.29, 1.82) is 0 Å². The maximum Gasteiger partial charge on any atom is 0.248 e. The summed E-state index contributed by atoms with van der Waals surface area (Å²) in [5.41, 5.74) is 1.35. The molecule has 1 amide bonds. The number of methoxy groups -OCH3 is 2. The van der Waals surface area contributed by atoms with Crippen LogP contribution in [-0.4, -0.2) is 44.2 Å². The number of nitrogens with zero attached hydrogens (tertiary/aromatic N) is 3. The fourth-order valence-corrected chi connectivity index (χ4v) is 1.93. The topological polar surface area (TPSA) is 76.6 Å². The Morgan fingerprint density at radius 1 is 1.12 bits per heavy atom. The lowest BCUT2D eigenvalue weighted by molar-refractivity contribution is -0.111. The highest BCUT2D eigenvalue weighted by Crippen LogP contribution is 2.27. The van der Waals surface area contributed by atoms with Gasteiger partial charge in [-0.05, 0) is 23.8 Å². The van der Waals surface area contributed by atoms with Crippen LogP contribution in [0.25, 0.3) is 6.08 Å². The van der Waals surface area contributed by atoms with Gasteiger partial charge < -0.3 is 19.7 Å². The van der Waals surface area contributed by atoms with Crippen LogP contribution in [-0.2, 0) is 4.79 Å². The van der Waals surface area contributed by atoms with Crippen molar-refractivity contribution in [3.05, 3.63) is 42.2 Å². The van der Waals surface area contributed by atoms with E-state index in [4.69, 9.17) is 9.47 Å². The van der Waals surface area contributed by atoms with Crippen molar-refractivity contribution < 1.29 is 14.3 Å². The van der Waals surface area contributed by atoms with Crippen LogP contribution in [0.4, 0.5) is 11.6 Å². The molecule has 0 aliphatic rings. The van der Waals surface area contributed by atoms with Gasteiger partial charge in [-0.3, -0.25) is 4.79 Å². The van der Waals surface area contributed by atoms with Gasteiger partial charge >= 0.3 is 0 Å². The first-order valence-electron chi connectivity index (χ1n) is 7.24. The van der Waals surface area contributed by atoms with Crippen LogP contribution in [0.5, 0.6) is 11.5 Å². The highest BCUT2D eigenvalue weighted by Gasteiger charge is 2.04. The molecule has 24 heavy (non-hydrogen) atoms. The van der Waals surface area contributed by atoms with Gasteiger partial charge in [-0.2, -0.15) is 0 Å². The Balaban J connectivity index is 2.02. The molecule has 1 heterocycles. The van der Waals surface area contributed by atoms with E-state index in [0.29, 0.717) is 23.1 Å². The van der Waals surface area contributed by atoms with E-state index in [2.05, 4.69) is 15.3 Å². The second kappa shape index (κ2) is 7.96. The molecule has 0 radical (unpaired) electrons. The third kappa shape index (κ3) is 4.45. The first kappa shape index (κ1) is 17.3. The number of aromatic nitrogens is 2. The zero-order chi connectivity index (χ0) is 17.5. The molecule has 0 fully saturated rings. The lowest BCUT2D eigenvalue weighted by Gasteiger charge is -2.09. The minimum atomic E-state index is -0.272. The van der Waals surface area contributed by atoms with Gasteiger partial charge in [0, 0.05) is 20.2 Å². The Morgan fingerprint density at radius 2 is 1.79 bits per heavy atom. The van der Waals surface area contributed by atoms with Gasteiger partial charge in [0.05, 0.1) is 32.3 Å². The smallest absolute Gasteiger partial charge is 0.248 e. The van der Waals surface area contributed by atoms with E-state index in [1.165, 1.54) is 6.08 Å². The van der Waals surface area contributed by atoms with Gasteiger partial charge in [-0.15, -0.1) is 0 Å². The fourth-order valence-electron chi connectivity index (χ4n) is 1.93. The first-order valence-corrected chi connectivity index (χ1v) is 7.24. The van der Waals surface area contributed by atoms with Crippen LogP contribution in [0.15, 0.2) is 36.7 Å². The third-order valence-corrected chi connectivity index (χ3v) is 3.14. The Kier molecular flexibility index (Phi) is 5.73. The van der Waals surface area contributed by atoms with Crippen LogP contribution in [0.3, 0.4) is 0 Å². The maximum atomic E-state index is 12.0. The molecule has 1 aromatic heterocycles. The molecule has 0 bridgehead atoms. The van der Waals surface area contributed by atoms with E-state index in [0.717, 1.165) is 5.56 Å². The van der Waals surface area contributed by atoms with E-state index in [-0.39, 0.29) is 5.91 Å². The van der Waals surface area contributed by atoms with Crippen molar-refractivity contribution in [3.63, 3.8) is 0 Å². The summed E-state index contributed by atoms with van der Waals surface area (Å²) in [6, 6.07) is 5.40. The number of amides is 1. The zero-order valence-corrected chi connectivity index (χ0v) is 14.1. The van der Waals surface area contributed by atoms with Crippen LogP contribution in [0, 0.1) is 0 Å². The lowest BCUT2D eigenvalue weighted by atomic mass is 10.2. The van der Waals surface area contributed by atoms with Crippen molar-refractivity contribution >= 4 is 23.6 Å². The number of hydrogen-bond donors (Lipinski definition) is 1. The standard InChI is InChI=1S/C17H20N4O3/c1-21(2)17-18-10-13(11-19-17)20-16(22)8-6-12-5-7-14(23-3)15(9-12)24-4/h5-11H,1-4H3,(H,20,22). The molecular formula is C17H20N4O3. The van der Waals surface area contributed by atoms with E-state index in [1.54, 1.807) is 49.7 Å². The molecule has 126 valence electrons. The molecule has 1 N–H and O–H groups in total. The monoisotopic (exact) mass is 328 g/mol. The van der Waals surface area contributed by atoms with Crippen molar-refractivity contribution in [1.82, 2.24) is 9.97 Å². The number of rotatable bonds is 6. The highest BCUT2D eigenvalue weighted by atomic mass is 16.5. The molecule has 7 nitrogen and oxygen atoms in total. The predicted octanol–water partition coefficient (Wildman–Crippen LogP) is 2.21. The van der Waals surface area contributed by atoms with Crippen LogP contribution < -0.4 is 19.7 Å². The second-order valence-electron chi connectivity index (χ2n) is 5.10. The molecule has 1 aromatic carbocycles. The van der Waals surface area contributed by atoms with E-state index < -0.39 is 0 Å². The first-order chi connectivity index (χ1) is 11.5. The normalized spacial score (nSPS) is 10.5. The average Bonchev–Trinajstić information content (AvgIpc) is 2.60.